The number of aryl methyl sites for hydroxylation is 1. The van der Waals surface area contributed by atoms with Gasteiger partial charge in [0.1, 0.15) is 5.75 Å². The molecule has 0 radical (unpaired) electrons. The van der Waals surface area contributed by atoms with Crippen molar-refractivity contribution < 1.29 is 4.74 Å². The highest BCUT2D eigenvalue weighted by atomic mass is 16.5. The Morgan fingerprint density at radius 3 is 2.81 bits per heavy atom. The second kappa shape index (κ2) is 6.77. The van der Waals surface area contributed by atoms with Gasteiger partial charge in [-0.2, -0.15) is 0 Å². The SMILES string of the molecule is COc1ccc2c(c1)CCC[C@H]2CNCc1ccccc1. The zero-order valence-corrected chi connectivity index (χ0v) is 12.6. The molecular weight excluding hydrogens is 258 g/mol. The molecule has 2 aromatic rings. The topological polar surface area (TPSA) is 21.3 Å². The van der Waals surface area contributed by atoms with E-state index in [0.717, 1.165) is 18.8 Å². The van der Waals surface area contributed by atoms with Crippen LogP contribution in [0.1, 0.15) is 35.4 Å². The Kier molecular flexibility index (Phi) is 4.56. The first-order valence-electron chi connectivity index (χ1n) is 7.78. The van der Waals surface area contributed by atoms with E-state index in [1.54, 1.807) is 7.11 Å². The van der Waals surface area contributed by atoms with E-state index >= 15 is 0 Å². The molecule has 1 N–H and O–H groups in total. The van der Waals surface area contributed by atoms with Gasteiger partial charge in [-0.25, -0.2) is 0 Å². The Morgan fingerprint density at radius 1 is 1.14 bits per heavy atom. The number of hydrogen-bond donors (Lipinski definition) is 1. The van der Waals surface area contributed by atoms with E-state index in [-0.39, 0.29) is 0 Å². The van der Waals surface area contributed by atoms with Gasteiger partial charge in [-0.3, -0.25) is 0 Å². The predicted molar refractivity (Wildman–Crippen MR) is 86.8 cm³/mol. The van der Waals surface area contributed by atoms with Gasteiger partial charge in [0.2, 0.25) is 0 Å². The Hall–Kier alpha value is -1.80. The van der Waals surface area contributed by atoms with Crippen LogP contribution in [-0.4, -0.2) is 13.7 Å². The lowest BCUT2D eigenvalue weighted by Gasteiger charge is -2.26. The maximum atomic E-state index is 5.34. The summed E-state index contributed by atoms with van der Waals surface area (Å²) in [5.41, 5.74) is 4.32. The maximum Gasteiger partial charge on any atom is 0.119 e. The third kappa shape index (κ3) is 3.45. The molecule has 2 aromatic carbocycles. The number of ether oxygens (including phenoxy) is 1. The van der Waals surface area contributed by atoms with Crippen molar-refractivity contribution in [1.29, 1.82) is 0 Å². The minimum Gasteiger partial charge on any atom is -0.497 e. The molecule has 0 unspecified atom stereocenters. The average molecular weight is 281 g/mol. The minimum atomic E-state index is 0.628. The van der Waals surface area contributed by atoms with Crippen LogP contribution in [0.3, 0.4) is 0 Å². The summed E-state index contributed by atoms with van der Waals surface area (Å²) in [5, 5.41) is 3.61. The standard InChI is InChI=1S/C19H23NO/c1-21-18-10-11-19-16(12-18)8-5-9-17(19)14-20-13-15-6-3-2-4-7-15/h2-4,6-7,10-12,17,20H,5,8-9,13-14H2,1H3/t17-/m0/s1. The lowest BCUT2D eigenvalue weighted by Crippen LogP contribution is -2.24. The summed E-state index contributed by atoms with van der Waals surface area (Å²) in [5.74, 6) is 1.61. The number of nitrogens with one attached hydrogen (secondary N) is 1. The van der Waals surface area contributed by atoms with Crippen LogP contribution < -0.4 is 10.1 Å². The van der Waals surface area contributed by atoms with Crippen LogP contribution in [0.15, 0.2) is 48.5 Å². The molecule has 21 heavy (non-hydrogen) atoms. The zero-order chi connectivity index (χ0) is 14.5. The summed E-state index contributed by atoms with van der Waals surface area (Å²) in [7, 11) is 1.74. The largest absolute Gasteiger partial charge is 0.497 e. The number of hydrogen-bond acceptors (Lipinski definition) is 2. The highest BCUT2D eigenvalue weighted by Gasteiger charge is 2.20. The summed E-state index contributed by atoms with van der Waals surface area (Å²) in [6.45, 7) is 2.00. The summed E-state index contributed by atoms with van der Waals surface area (Å²) >= 11 is 0. The molecule has 0 amide bonds. The molecule has 0 heterocycles. The molecule has 0 bridgehead atoms. The third-order valence-corrected chi connectivity index (χ3v) is 4.35. The van der Waals surface area contributed by atoms with Crippen molar-refractivity contribution in [2.75, 3.05) is 13.7 Å². The molecule has 0 spiro atoms. The van der Waals surface area contributed by atoms with Gasteiger partial charge in [0, 0.05) is 13.1 Å². The van der Waals surface area contributed by atoms with E-state index in [4.69, 9.17) is 4.74 Å². The van der Waals surface area contributed by atoms with Crippen molar-refractivity contribution in [2.45, 2.75) is 31.7 Å². The number of benzene rings is 2. The third-order valence-electron chi connectivity index (χ3n) is 4.35. The van der Waals surface area contributed by atoms with Crippen LogP contribution in [-0.2, 0) is 13.0 Å². The Morgan fingerprint density at radius 2 is 2.00 bits per heavy atom. The van der Waals surface area contributed by atoms with Crippen molar-refractivity contribution in [3.63, 3.8) is 0 Å². The second-order valence-electron chi connectivity index (χ2n) is 5.77. The molecule has 0 fully saturated rings. The molecule has 110 valence electrons. The Bertz CT molecular complexity index is 579. The van der Waals surface area contributed by atoms with Gasteiger partial charge < -0.3 is 10.1 Å². The van der Waals surface area contributed by atoms with E-state index in [1.807, 2.05) is 0 Å². The van der Waals surface area contributed by atoms with Crippen LogP contribution in [0.25, 0.3) is 0 Å². The highest BCUT2D eigenvalue weighted by Crippen LogP contribution is 2.33. The van der Waals surface area contributed by atoms with Crippen molar-refractivity contribution in [3.05, 3.63) is 65.2 Å². The van der Waals surface area contributed by atoms with Crippen LogP contribution in [0.4, 0.5) is 0 Å². The van der Waals surface area contributed by atoms with Crippen LogP contribution in [0.5, 0.6) is 5.75 Å². The van der Waals surface area contributed by atoms with E-state index in [2.05, 4.69) is 53.8 Å². The zero-order valence-electron chi connectivity index (χ0n) is 12.6. The van der Waals surface area contributed by atoms with Crippen LogP contribution >= 0.6 is 0 Å². The van der Waals surface area contributed by atoms with E-state index in [0.29, 0.717) is 5.92 Å². The molecule has 2 heteroatoms. The molecule has 1 atom stereocenters. The molecule has 0 saturated carbocycles. The van der Waals surface area contributed by atoms with E-state index in [9.17, 15) is 0 Å². The van der Waals surface area contributed by atoms with Gasteiger partial charge in [-0.05, 0) is 54.0 Å². The maximum absolute atomic E-state index is 5.34. The molecule has 3 rings (SSSR count). The number of methoxy groups -OCH3 is 1. The molecule has 2 nitrogen and oxygen atoms in total. The summed E-state index contributed by atoms with van der Waals surface area (Å²) in [4.78, 5) is 0. The van der Waals surface area contributed by atoms with E-state index < -0.39 is 0 Å². The molecular formula is C19H23NO. The monoisotopic (exact) mass is 281 g/mol. The normalized spacial score (nSPS) is 17.3. The fraction of sp³-hybridized carbons (Fsp3) is 0.368. The molecule has 0 aromatic heterocycles. The predicted octanol–water partition coefficient (Wildman–Crippen LogP) is 3.90. The smallest absolute Gasteiger partial charge is 0.119 e. The fourth-order valence-corrected chi connectivity index (χ4v) is 3.22. The van der Waals surface area contributed by atoms with Gasteiger partial charge >= 0.3 is 0 Å². The Labute approximate surface area is 127 Å². The minimum absolute atomic E-state index is 0.628. The van der Waals surface area contributed by atoms with Crippen LogP contribution in [0.2, 0.25) is 0 Å². The fourth-order valence-electron chi connectivity index (χ4n) is 3.22. The van der Waals surface area contributed by atoms with Crippen molar-refractivity contribution in [3.8, 4) is 5.75 Å². The summed E-state index contributed by atoms with van der Waals surface area (Å²) in [6, 6.07) is 17.2. The van der Waals surface area contributed by atoms with Crippen LogP contribution in [0, 0.1) is 0 Å². The summed E-state index contributed by atoms with van der Waals surface area (Å²) < 4.78 is 5.34. The summed E-state index contributed by atoms with van der Waals surface area (Å²) in [6.07, 6.45) is 3.74. The quantitative estimate of drug-likeness (QED) is 0.897. The second-order valence-corrected chi connectivity index (χ2v) is 5.77. The van der Waals surface area contributed by atoms with Gasteiger partial charge in [-0.1, -0.05) is 36.4 Å². The molecule has 1 aliphatic carbocycles. The van der Waals surface area contributed by atoms with E-state index in [1.165, 1.54) is 36.0 Å². The van der Waals surface area contributed by atoms with Gasteiger partial charge in [-0.15, -0.1) is 0 Å². The van der Waals surface area contributed by atoms with Gasteiger partial charge in [0.15, 0.2) is 0 Å². The van der Waals surface area contributed by atoms with Gasteiger partial charge in [0.25, 0.3) is 0 Å². The Balaban J connectivity index is 1.62. The first-order chi connectivity index (χ1) is 10.4. The van der Waals surface area contributed by atoms with Crippen molar-refractivity contribution in [1.82, 2.24) is 5.32 Å². The molecule has 1 aliphatic rings. The average Bonchev–Trinajstić information content (AvgIpc) is 2.55. The number of rotatable bonds is 5. The first kappa shape index (κ1) is 14.2. The lowest BCUT2D eigenvalue weighted by atomic mass is 9.82. The molecule has 0 aliphatic heterocycles. The first-order valence-corrected chi connectivity index (χ1v) is 7.78. The highest BCUT2D eigenvalue weighted by molar-refractivity contribution is 5.39. The van der Waals surface area contributed by atoms with Gasteiger partial charge in [0.05, 0.1) is 7.11 Å². The number of fused-ring (bicyclic) bond motifs is 1. The lowest BCUT2D eigenvalue weighted by molar-refractivity contribution is 0.412. The van der Waals surface area contributed by atoms with Crippen molar-refractivity contribution in [2.24, 2.45) is 0 Å². The molecule has 0 saturated heterocycles. The van der Waals surface area contributed by atoms with Crippen molar-refractivity contribution >= 4 is 0 Å².